The number of esters is 2. The fourth-order valence-electron chi connectivity index (χ4n) is 2.44. The van der Waals surface area contributed by atoms with Crippen molar-refractivity contribution in [3.8, 4) is 11.1 Å². The summed E-state index contributed by atoms with van der Waals surface area (Å²) < 4.78 is 10.7. The second-order valence-corrected chi connectivity index (χ2v) is 7.38. The van der Waals surface area contributed by atoms with Crippen molar-refractivity contribution in [1.29, 1.82) is 0 Å². The Kier molecular flexibility index (Phi) is 8.24. The molecule has 0 fully saturated rings. The standard InChI is InChI=1S/C24H30O4/c1-5-17(3)15-27-23(25)21-11-7-19(8-12-21)20-9-13-22(14-10-20)24(26)28-16-18(4)6-2/h7-14,17-18H,5-6,15-16H2,1-4H3/t17-,18-/m0/s1. The van der Waals surface area contributed by atoms with E-state index < -0.39 is 0 Å². The molecule has 4 nitrogen and oxygen atoms in total. The van der Waals surface area contributed by atoms with Crippen molar-refractivity contribution in [2.45, 2.75) is 40.5 Å². The molecule has 2 aromatic rings. The Labute approximate surface area is 167 Å². The first-order valence-corrected chi connectivity index (χ1v) is 9.99. The zero-order valence-corrected chi connectivity index (χ0v) is 17.2. The Morgan fingerprint density at radius 1 is 0.679 bits per heavy atom. The molecule has 0 saturated carbocycles. The van der Waals surface area contributed by atoms with Crippen LogP contribution in [-0.2, 0) is 9.47 Å². The van der Waals surface area contributed by atoms with Crippen LogP contribution in [0.1, 0.15) is 61.3 Å². The fraction of sp³-hybridized carbons (Fsp3) is 0.417. The molecule has 2 atom stereocenters. The molecule has 150 valence electrons. The summed E-state index contributed by atoms with van der Waals surface area (Å²) in [5.74, 6) is 0.120. The highest BCUT2D eigenvalue weighted by Crippen LogP contribution is 2.21. The van der Waals surface area contributed by atoms with Crippen molar-refractivity contribution in [3.63, 3.8) is 0 Å². The van der Waals surface area contributed by atoms with Gasteiger partial charge in [-0.3, -0.25) is 0 Å². The first-order chi connectivity index (χ1) is 13.4. The smallest absolute Gasteiger partial charge is 0.338 e. The van der Waals surface area contributed by atoms with Crippen molar-refractivity contribution in [2.75, 3.05) is 13.2 Å². The average Bonchev–Trinajstić information content (AvgIpc) is 2.75. The summed E-state index contributed by atoms with van der Waals surface area (Å²) in [6.07, 6.45) is 1.96. The molecule has 0 heterocycles. The van der Waals surface area contributed by atoms with Gasteiger partial charge >= 0.3 is 11.9 Å². The third-order valence-corrected chi connectivity index (χ3v) is 4.97. The van der Waals surface area contributed by atoms with Gasteiger partial charge in [-0.1, -0.05) is 64.8 Å². The van der Waals surface area contributed by atoms with Crippen molar-refractivity contribution in [2.24, 2.45) is 11.8 Å². The molecule has 0 aliphatic rings. The number of rotatable bonds is 9. The maximum Gasteiger partial charge on any atom is 0.338 e. The van der Waals surface area contributed by atoms with Gasteiger partial charge in [0.15, 0.2) is 0 Å². The molecular weight excluding hydrogens is 352 g/mol. The lowest BCUT2D eigenvalue weighted by molar-refractivity contribution is 0.0438. The maximum atomic E-state index is 12.1. The Balaban J connectivity index is 1.98. The summed E-state index contributed by atoms with van der Waals surface area (Å²) in [6, 6.07) is 14.6. The average molecular weight is 383 g/mol. The lowest BCUT2D eigenvalue weighted by Crippen LogP contribution is -2.11. The van der Waals surface area contributed by atoms with E-state index in [-0.39, 0.29) is 11.9 Å². The van der Waals surface area contributed by atoms with Crippen LogP contribution in [0.25, 0.3) is 11.1 Å². The highest BCUT2D eigenvalue weighted by Gasteiger charge is 2.11. The summed E-state index contributed by atoms with van der Waals surface area (Å²) in [5.41, 5.74) is 3.02. The van der Waals surface area contributed by atoms with E-state index in [1.807, 2.05) is 24.3 Å². The van der Waals surface area contributed by atoms with Crippen LogP contribution in [0.15, 0.2) is 48.5 Å². The molecule has 0 aliphatic heterocycles. The summed E-state index contributed by atoms with van der Waals surface area (Å²) >= 11 is 0. The second kappa shape index (κ2) is 10.6. The van der Waals surface area contributed by atoms with Crippen molar-refractivity contribution in [3.05, 3.63) is 59.7 Å². The zero-order valence-electron chi connectivity index (χ0n) is 17.2. The Morgan fingerprint density at radius 3 is 1.29 bits per heavy atom. The van der Waals surface area contributed by atoms with Gasteiger partial charge in [-0.05, 0) is 47.2 Å². The molecule has 4 heteroatoms. The van der Waals surface area contributed by atoms with Crippen molar-refractivity contribution >= 4 is 11.9 Å². The van der Waals surface area contributed by atoms with E-state index in [0.717, 1.165) is 24.0 Å². The molecule has 0 aromatic heterocycles. The number of hydrogen-bond acceptors (Lipinski definition) is 4. The molecule has 0 N–H and O–H groups in total. The van der Waals surface area contributed by atoms with Gasteiger partial charge in [-0.15, -0.1) is 0 Å². The topological polar surface area (TPSA) is 52.6 Å². The molecule has 0 amide bonds. The molecule has 28 heavy (non-hydrogen) atoms. The minimum Gasteiger partial charge on any atom is -0.462 e. The molecular formula is C24H30O4. The lowest BCUT2D eigenvalue weighted by atomic mass is 10.0. The van der Waals surface area contributed by atoms with E-state index >= 15 is 0 Å². The lowest BCUT2D eigenvalue weighted by Gasteiger charge is -2.11. The maximum absolute atomic E-state index is 12.1. The summed E-state index contributed by atoms with van der Waals surface area (Å²) in [4.78, 5) is 24.2. The summed E-state index contributed by atoms with van der Waals surface area (Å²) in [5, 5.41) is 0. The second-order valence-electron chi connectivity index (χ2n) is 7.38. The van der Waals surface area contributed by atoms with E-state index in [2.05, 4.69) is 27.7 Å². The number of ether oxygens (including phenoxy) is 2. The zero-order chi connectivity index (χ0) is 20.5. The molecule has 0 saturated heterocycles. The Hall–Kier alpha value is -2.62. The first kappa shape index (κ1) is 21.7. The quantitative estimate of drug-likeness (QED) is 0.517. The van der Waals surface area contributed by atoms with Gasteiger partial charge in [0.25, 0.3) is 0 Å². The summed E-state index contributed by atoms with van der Waals surface area (Å²) in [6.45, 7) is 9.13. The normalized spacial score (nSPS) is 12.9. The van der Waals surface area contributed by atoms with Crippen LogP contribution in [-0.4, -0.2) is 25.2 Å². The number of carbonyl (C=O) groups is 2. The van der Waals surface area contributed by atoms with Crippen LogP contribution in [0.3, 0.4) is 0 Å². The number of hydrogen-bond donors (Lipinski definition) is 0. The third-order valence-electron chi connectivity index (χ3n) is 4.97. The molecule has 0 unspecified atom stereocenters. The van der Waals surface area contributed by atoms with Crippen LogP contribution in [0.5, 0.6) is 0 Å². The first-order valence-electron chi connectivity index (χ1n) is 9.99. The van der Waals surface area contributed by atoms with Crippen molar-refractivity contribution < 1.29 is 19.1 Å². The Bertz CT molecular complexity index is 695. The molecule has 2 aromatic carbocycles. The van der Waals surface area contributed by atoms with Crippen LogP contribution in [0.2, 0.25) is 0 Å². The van der Waals surface area contributed by atoms with Gasteiger partial charge in [0.1, 0.15) is 0 Å². The van der Waals surface area contributed by atoms with Crippen LogP contribution in [0.4, 0.5) is 0 Å². The van der Waals surface area contributed by atoms with Gasteiger partial charge in [0.05, 0.1) is 24.3 Å². The van der Waals surface area contributed by atoms with E-state index in [0.29, 0.717) is 36.2 Å². The fourth-order valence-corrected chi connectivity index (χ4v) is 2.44. The predicted octanol–water partition coefficient (Wildman–Crippen LogP) is 5.76. The van der Waals surface area contributed by atoms with E-state index in [1.54, 1.807) is 24.3 Å². The molecule has 0 aliphatic carbocycles. The molecule has 0 spiro atoms. The number of carbonyl (C=O) groups excluding carboxylic acids is 2. The van der Waals surface area contributed by atoms with Gasteiger partial charge in [0.2, 0.25) is 0 Å². The van der Waals surface area contributed by atoms with Crippen LogP contribution >= 0.6 is 0 Å². The highest BCUT2D eigenvalue weighted by molar-refractivity contribution is 5.91. The monoisotopic (exact) mass is 382 g/mol. The van der Waals surface area contributed by atoms with E-state index in [4.69, 9.17) is 9.47 Å². The molecule has 0 bridgehead atoms. The predicted molar refractivity (Wildman–Crippen MR) is 111 cm³/mol. The largest absolute Gasteiger partial charge is 0.462 e. The van der Waals surface area contributed by atoms with Crippen molar-refractivity contribution in [1.82, 2.24) is 0 Å². The van der Waals surface area contributed by atoms with Crippen LogP contribution < -0.4 is 0 Å². The third kappa shape index (κ3) is 6.22. The minimum atomic E-state index is -0.300. The van der Waals surface area contributed by atoms with Gasteiger partial charge < -0.3 is 9.47 Å². The highest BCUT2D eigenvalue weighted by atomic mass is 16.5. The van der Waals surface area contributed by atoms with Crippen LogP contribution in [0, 0.1) is 11.8 Å². The van der Waals surface area contributed by atoms with Gasteiger partial charge in [-0.2, -0.15) is 0 Å². The van der Waals surface area contributed by atoms with Gasteiger partial charge in [0, 0.05) is 0 Å². The van der Waals surface area contributed by atoms with E-state index in [1.165, 1.54) is 0 Å². The Morgan fingerprint density at radius 2 is 1.00 bits per heavy atom. The molecule has 0 radical (unpaired) electrons. The van der Waals surface area contributed by atoms with E-state index in [9.17, 15) is 9.59 Å². The number of benzene rings is 2. The molecule has 2 rings (SSSR count). The van der Waals surface area contributed by atoms with Gasteiger partial charge in [-0.25, -0.2) is 9.59 Å². The SMILES string of the molecule is CC[C@H](C)COC(=O)c1ccc(-c2ccc(C(=O)OC[C@@H](C)CC)cc2)cc1. The minimum absolute atomic E-state index is 0.300. The summed E-state index contributed by atoms with van der Waals surface area (Å²) in [7, 11) is 0.